The van der Waals surface area contributed by atoms with E-state index in [0.29, 0.717) is 17.0 Å². The second-order valence-electron chi connectivity index (χ2n) is 2.46. The number of thiophene rings is 1. The van der Waals surface area contributed by atoms with Crippen molar-refractivity contribution in [3.05, 3.63) is 26.9 Å². The second kappa shape index (κ2) is 4.44. The van der Waals surface area contributed by atoms with Crippen LogP contribution < -0.4 is 0 Å². The smallest absolute Gasteiger partial charge is 0.331 e. The lowest BCUT2D eigenvalue weighted by Gasteiger charge is -1.95. The van der Waals surface area contributed by atoms with Crippen molar-refractivity contribution in [2.24, 2.45) is 0 Å². The Morgan fingerprint density at radius 3 is 2.85 bits per heavy atom. The van der Waals surface area contributed by atoms with Gasteiger partial charge < -0.3 is 5.11 Å². The Labute approximate surface area is 85.5 Å². The van der Waals surface area contributed by atoms with Gasteiger partial charge in [-0.1, -0.05) is 18.5 Å². The Kier molecular flexibility index (Phi) is 3.51. The largest absolute Gasteiger partial charge is 0.478 e. The third-order valence-corrected chi connectivity index (χ3v) is 2.91. The molecule has 1 N–H and O–H groups in total. The number of hydrogen-bond acceptors (Lipinski definition) is 2. The van der Waals surface area contributed by atoms with E-state index >= 15 is 0 Å². The lowest BCUT2D eigenvalue weighted by Crippen LogP contribution is -1.98. The van der Waals surface area contributed by atoms with Gasteiger partial charge in [-0.15, -0.1) is 11.3 Å². The van der Waals surface area contributed by atoms with Crippen LogP contribution in [0.15, 0.2) is 17.0 Å². The number of carboxylic acid groups (broad SMARTS) is 1. The van der Waals surface area contributed by atoms with Crippen molar-refractivity contribution in [2.45, 2.75) is 13.3 Å². The number of halogens is 1. The molecular formula is C9H9ClO2S. The molecule has 70 valence electrons. The van der Waals surface area contributed by atoms with Crippen LogP contribution in [0.1, 0.15) is 18.2 Å². The summed E-state index contributed by atoms with van der Waals surface area (Å²) in [4.78, 5) is 11.5. The normalized spacial score (nSPS) is 11.7. The second-order valence-corrected chi connectivity index (χ2v) is 3.82. The Bertz CT molecular complexity index is 341. The minimum Gasteiger partial charge on any atom is -0.478 e. The van der Waals surface area contributed by atoms with Gasteiger partial charge in [0.15, 0.2) is 0 Å². The fourth-order valence-electron chi connectivity index (χ4n) is 0.882. The minimum absolute atomic E-state index is 0.379. The van der Waals surface area contributed by atoms with Crippen LogP contribution in [0.4, 0.5) is 0 Å². The highest BCUT2D eigenvalue weighted by atomic mass is 35.5. The van der Waals surface area contributed by atoms with Crippen molar-refractivity contribution in [1.82, 2.24) is 0 Å². The number of rotatable bonds is 3. The van der Waals surface area contributed by atoms with Crippen molar-refractivity contribution >= 4 is 35.0 Å². The molecule has 0 aliphatic heterocycles. The van der Waals surface area contributed by atoms with Crippen LogP contribution in [-0.2, 0) is 4.79 Å². The molecule has 0 aromatic carbocycles. The zero-order valence-electron chi connectivity index (χ0n) is 7.08. The molecule has 0 spiro atoms. The molecule has 13 heavy (non-hydrogen) atoms. The summed E-state index contributed by atoms with van der Waals surface area (Å²) in [6.07, 6.45) is 2.12. The molecule has 0 fully saturated rings. The molecule has 0 aliphatic rings. The van der Waals surface area contributed by atoms with Crippen molar-refractivity contribution in [1.29, 1.82) is 0 Å². The first kappa shape index (κ1) is 10.3. The predicted molar refractivity (Wildman–Crippen MR) is 55.2 cm³/mol. The fourth-order valence-corrected chi connectivity index (χ4v) is 1.95. The summed E-state index contributed by atoms with van der Waals surface area (Å²) >= 11 is 7.26. The lowest BCUT2D eigenvalue weighted by molar-refractivity contribution is -0.132. The van der Waals surface area contributed by atoms with Crippen LogP contribution in [0.3, 0.4) is 0 Å². The van der Waals surface area contributed by atoms with Crippen LogP contribution in [0.25, 0.3) is 6.08 Å². The molecule has 0 unspecified atom stereocenters. The van der Waals surface area contributed by atoms with Gasteiger partial charge in [0.1, 0.15) is 0 Å². The highest BCUT2D eigenvalue weighted by Crippen LogP contribution is 2.25. The van der Waals surface area contributed by atoms with Gasteiger partial charge in [-0.25, -0.2) is 4.79 Å². The molecule has 0 saturated carbocycles. The summed E-state index contributed by atoms with van der Waals surface area (Å²) in [5.41, 5.74) is 0.379. The van der Waals surface area contributed by atoms with Crippen LogP contribution in [0, 0.1) is 0 Å². The Hall–Kier alpha value is -0.800. The van der Waals surface area contributed by atoms with E-state index in [2.05, 4.69) is 0 Å². The van der Waals surface area contributed by atoms with Crippen molar-refractivity contribution in [3.8, 4) is 0 Å². The van der Waals surface area contributed by atoms with Crippen molar-refractivity contribution < 1.29 is 9.90 Å². The zero-order chi connectivity index (χ0) is 9.84. The summed E-state index contributed by atoms with van der Waals surface area (Å²) in [5, 5.41) is 11.2. The molecule has 0 aliphatic carbocycles. The molecule has 2 nitrogen and oxygen atoms in total. The summed E-state index contributed by atoms with van der Waals surface area (Å²) in [6.45, 7) is 1.81. The maximum atomic E-state index is 10.7. The number of carboxylic acids is 1. The highest BCUT2D eigenvalue weighted by molar-refractivity contribution is 7.11. The molecule has 0 radical (unpaired) electrons. The molecule has 0 atom stereocenters. The van der Waals surface area contributed by atoms with Gasteiger partial charge in [0.25, 0.3) is 0 Å². The van der Waals surface area contributed by atoms with E-state index in [1.165, 1.54) is 11.3 Å². The van der Waals surface area contributed by atoms with Gasteiger partial charge >= 0.3 is 5.97 Å². The Morgan fingerprint density at radius 1 is 1.77 bits per heavy atom. The van der Waals surface area contributed by atoms with E-state index in [-0.39, 0.29) is 0 Å². The predicted octanol–water partition coefficient (Wildman–Crippen LogP) is 3.28. The number of aliphatic carboxylic acids is 1. The standard InChI is InChI=1S/C9H9ClO2S/c1-2-6(9(11)12)5-8-7(10)3-4-13-8/h3-5H,2H2,1H3,(H,11,12)/b6-5+. The molecule has 4 heteroatoms. The molecule has 1 aromatic heterocycles. The van der Waals surface area contributed by atoms with E-state index in [9.17, 15) is 4.79 Å². The topological polar surface area (TPSA) is 37.3 Å². The summed E-state index contributed by atoms with van der Waals surface area (Å²) in [5.74, 6) is -0.882. The van der Waals surface area contributed by atoms with Crippen LogP contribution >= 0.6 is 22.9 Å². The summed E-state index contributed by atoms with van der Waals surface area (Å²) in [7, 11) is 0. The van der Waals surface area contributed by atoms with Gasteiger partial charge in [-0.2, -0.15) is 0 Å². The number of hydrogen-bond donors (Lipinski definition) is 1. The summed E-state index contributed by atoms with van der Waals surface area (Å²) < 4.78 is 0. The molecule has 0 saturated heterocycles. The van der Waals surface area contributed by atoms with Gasteiger partial charge in [-0.3, -0.25) is 0 Å². The van der Waals surface area contributed by atoms with Crippen molar-refractivity contribution in [3.63, 3.8) is 0 Å². The first-order valence-corrected chi connectivity index (χ1v) is 5.07. The maximum absolute atomic E-state index is 10.7. The molecule has 0 bridgehead atoms. The van der Waals surface area contributed by atoms with Gasteiger partial charge in [0.2, 0.25) is 0 Å². The quantitative estimate of drug-likeness (QED) is 0.788. The van der Waals surface area contributed by atoms with Gasteiger partial charge in [0.05, 0.1) is 5.02 Å². The maximum Gasteiger partial charge on any atom is 0.331 e. The summed E-state index contributed by atoms with van der Waals surface area (Å²) in [6, 6.07) is 1.76. The highest BCUT2D eigenvalue weighted by Gasteiger charge is 2.06. The molecular weight excluding hydrogens is 208 g/mol. The van der Waals surface area contributed by atoms with E-state index in [1.807, 2.05) is 12.3 Å². The molecule has 0 amide bonds. The molecule has 1 rings (SSSR count). The fraction of sp³-hybridized carbons (Fsp3) is 0.222. The first-order chi connectivity index (χ1) is 6.15. The molecule has 1 aromatic rings. The monoisotopic (exact) mass is 216 g/mol. The average molecular weight is 217 g/mol. The Morgan fingerprint density at radius 2 is 2.46 bits per heavy atom. The van der Waals surface area contributed by atoms with E-state index in [4.69, 9.17) is 16.7 Å². The first-order valence-electron chi connectivity index (χ1n) is 3.82. The number of carbonyl (C=O) groups is 1. The van der Waals surface area contributed by atoms with Crippen LogP contribution in [0.2, 0.25) is 5.02 Å². The van der Waals surface area contributed by atoms with Crippen LogP contribution in [-0.4, -0.2) is 11.1 Å². The third-order valence-electron chi connectivity index (χ3n) is 1.61. The third kappa shape index (κ3) is 2.57. The lowest BCUT2D eigenvalue weighted by atomic mass is 10.2. The molecule has 1 heterocycles. The van der Waals surface area contributed by atoms with Crippen molar-refractivity contribution in [2.75, 3.05) is 0 Å². The van der Waals surface area contributed by atoms with E-state index in [0.717, 1.165) is 4.88 Å². The van der Waals surface area contributed by atoms with E-state index in [1.54, 1.807) is 12.1 Å². The zero-order valence-corrected chi connectivity index (χ0v) is 8.65. The van der Waals surface area contributed by atoms with Gasteiger partial charge in [-0.05, 0) is 23.9 Å². The van der Waals surface area contributed by atoms with Crippen LogP contribution in [0.5, 0.6) is 0 Å². The SMILES string of the molecule is CC/C(=C\c1sccc1Cl)C(=O)O. The Balaban J connectivity index is 2.98. The average Bonchev–Trinajstić information content (AvgIpc) is 2.46. The minimum atomic E-state index is -0.882. The van der Waals surface area contributed by atoms with Gasteiger partial charge in [0, 0.05) is 10.5 Å². The van der Waals surface area contributed by atoms with E-state index < -0.39 is 5.97 Å².